The van der Waals surface area contributed by atoms with Gasteiger partial charge in [0, 0.05) is 4.47 Å². The molecule has 0 fully saturated rings. The van der Waals surface area contributed by atoms with Crippen LogP contribution < -0.4 is 0 Å². The molecule has 0 aliphatic heterocycles. The van der Waals surface area contributed by atoms with Crippen LogP contribution in [0.4, 0.5) is 0 Å². The van der Waals surface area contributed by atoms with Crippen LogP contribution in [0.5, 0.6) is 0 Å². The largest absolute Gasteiger partial charge is 0.465 e. The topological polar surface area (TPSA) is 86.7 Å². The van der Waals surface area contributed by atoms with E-state index in [2.05, 4.69) is 25.4 Å². The Hall–Kier alpha value is -1.41. The van der Waals surface area contributed by atoms with E-state index in [-0.39, 0.29) is 18.1 Å². The summed E-state index contributed by atoms with van der Waals surface area (Å²) in [5.74, 6) is -2.28. The second-order valence-electron chi connectivity index (χ2n) is 3.88. The van der Waals surface area contributed by atoms with Gasteiger partial charge in [0.2, 0.25) is 9.84 Å². The molecule has 1 aromatic rings. The molecule has 0 radical (unpaired) electrons. The molecule has 0 bridgehead atoms. The molecule has 0 unspecified atom stereocenters. The molecule has 0 N–H and O–H groups in total. The van der Waals surface area contributed by atoms with Crippen molar-refractivity contribution in [1.29, 1.82) is 0 Å². The van der Waals surface area contributed by atoms with E-state index in [0.717, 1.165) is 0 Å². The minimum Gasteiger partial charge on any atom is -0.465 e. The normalized spacial score (nSPS) is 11.2. The van der Waals surface area contributed by atoms with Crippen molar-refractivity contribution in [3.63, 3.8) is 0 Å². The summed E-state index contributed by atoms with van der Waals surface area (Å²) >= 11 is 3.18. The first-order valence-corrected chi connectivity index (χ1v) is 8.51. The van der Waals surface area contributed by atoms with Gasteiger partial charge in [-0.2, -0.15) is 0 Å². The third-order valence-electron chi connectivity index (χ3n) is 2.45. The Labute approximate surface area is 131 Å². The number of benzene rings is 1. The van der Waals surface area contributed by atoms with E-state index in [1.54, 1.807) is 0 Å². The van der Waals surface area contributed by atoms with Crippen molar-refractivity contribution in [3.8, 4) is 0 Å². The number of esters is 2. The number of halogens is 1. The summed E-state index contributed by atoms with van der Waals surface area (Å²) in [5.41, 5.74) is 0. The Kier molecular flexibility index (Phi) is 6.35. The van der Waals surface area contributed by atoms with Gasteiger partial charge >= 0.3 is 11.9 Å². The average Bonchev–Trinajstić information content (AvgIpc) is 2.39. The van der Waals surface area contributed by atoms with Crippen molar-refractivity contribution in [3.05, 3.63) is 28.7 Å². The van der Waals surface area contributed by atoms with Crippen molar-refractivity contribution >= 4 is 37.7 Å². The molecule has 0 aromatic heterocycles. The number of carbonyl (C=O) groups is 2. The molecule has 116 valence electrons. The van der Waals surface area contributed by atoms with Gasteiger partial charge < -0.3 is 9.47 Å². The van der Waals surface area contributed by atoms with Gasteiger partial charge in [-0.25, -0.2) is 18.0 Å². The van der Waals surface area contributed by atoms with E-state index >= 15 is 0 Å². The maximum Gasteiger partial charge on any atom is 0.336 e. The number of hydrogen-bond acceptors (Lipinski definition) is 6. The van der Waals surface area contributed by atoms with Gasteiger partial charge in [-0.15, -0.1) is 0 Å². The van der Waals surface area contributed by atoms with Crippen molar-refractivity contribution in [2.24, 2.45) is 0 Å². The Bertz CT molecular complexity index is 590. The zero-order valence-corrected chi connectivity index (χ0v) is 13.9. The van der Waals surface area contributed by atoms with Crippen LogP contribution in [0.2, 0.25) is 0 Å². The monoisotopic (exact) mass is 378 g/mol. The first-order chi connectivity index (χ1) is 9.84. The Balaban J connectivity index is 3.25. The molecule has 21 heavy (non-hydrogen) atoms. The fourth-order valence-electron chi connectivity index (χ4n) is 1.55. The van der Waals surface area contributed by atoms with E-state index in [1.165, 1.54) is 38.1 Å². The molecule has 0 saturated carbocycles. The van der Waals surface area contributed by atoms with E-state index < -0.39 is 27.0 Å². The SMILES string of the molecule is CCOC(=O)C(C(=O)OCC)S(=O)(=O)c1ccc(Br)cc1. The molecule has 8 heteroatoms. The van der Waals surface area contributed by atoms with E-state index in [0.29, 0.717) is 4.47 Å². The van der Waals surface area contributed by atoms with E-state index in [1.807, 2.05) is 0 Å². The van der Waals surface area contributed by atoms with E-state index in [9.17, 15) is 18.0 Å². The summed E-state index contributed by atoms with van der Waals surface area (Å²) in [6, 6.07) is 5.59. The Morgan fingerprint density at radius 2 is 1.48 bits per heavy atom. The molecular formula is C13H15BrO6S. The summed E-state index contributed by atoms with van der Waals surface area (Å²) in [4.78, 5) is 23.5. The maximum atomic E-state index is 12.5. The van der Waals surface area contributed by atoms with Crippen LogP contribution in [0.15, 0.2) is 33.6 Å². The first-order valence-electron chi connectivity index (χ1n) is 6.17. The van der Waals surface area contributed by atoms with E-state index in [4.69, 9.17) is 0 Å². The smallest absolute Gasteiger partial charge is 0.336 e. The zero-order chi connectivity index (χ0) is 16.0. The van der Waals surface area contributed by atoms with Crippen LogP contribution in [0.1, 0.15) is 13.8 Å². The first kappa shape index (κ1) is 17.6. The highest BCUT2D eigenvalue weighted by Gasteiger charge is 2.43. The zero-order valence-electron chi connectivity index (χ0n) is 11.5. The minimum absolute atomic E-state index is 0.0371. The summed E-state index contributed by atoms with van der Waals surface area (Å²) in [6.07, 6.45) is 0. The highest BCUT2D eigenvalue weighted by molar-refractivity contribution is 9.10. The third-order valence-corrected chi connectivity index (χ3v) is 4.92. The Morgan fingerprint density at radius 1 is 1.05 bits per heavy atom. The van der Waals surface area contributed by atoms with Crippen molar-refractivity contribution in [1.82, 2.24) is 0 Å². The van der Waals surface area contributed by atoms with Crippen molar-refractivity contribution < 1.29 is 27.5 Å². The number of hydrogen-bond donors (Lipinski definition) is 0. The molecule has 0 spiro atoms. The molecule has 0 aliphatic carbocycles. The summed E-state index contributed by atoms with van der Waals surface area (Å²) in [5, 5.41) is -2.02. The third kappa shape index (κ3) is 4.28. The predicted molar refractivity (Wildman–Crippen MR) is 78.4 cm³/mol. The standard InChI is InChI=1S/C13H15BrO6S/c1-3-19-12(15)11(13(16)20-4-2)21(17,18)10-7-5-9(14)6-8-10/h5-8,11H,3-4H2,1-2H3. The number of carbonyl (C=O) groups excluding carboxylic acids is 2. The lowest BCUT2D eigenvalue weighted by Gasteiger charge is -2.15. The second kappa shape index (κ2) is 7.56. The molecule has 6 nitrogen and oxygen atoms in total. The van der Waals surface area contributed by atoms with Gasteiger partial charge in [-0.1, -0.05) is 15.9 Å². The number of rotatable bonds is 6. The van der Waals surface area contributed by atoms with Crippen LogP contribution in [-0.2, 0) is 28.9 Å². The molecule has 0 heterocycles. The predicted octanol–water partition coefficient (Wildman–Crippen LogP) is 1.72. The lowest BCUT2D eigenvalue weighted by Crippen LogP contribution is -2.40. The van der Waals surface area contributed by atoms with Gasteiger partial charge in [0.25, 0.3) is 5.25 Å². The molecule has 0 atom stereocenters. The fourth-order valence-corrected chi connectivity index (χ4v) is 3.24. The molecule has 1 aromatic carbocycles. The van der Waals surface area contributed by atoms with Crippen LogP contribution in [-0.4, -0.2) is 38.8 Å². The lowest BCUT2D eigenvalue weighted by atomic mass is 10.4. The molecule has 0 amide bonds. The Morgan fingerprint density at radius 3 is 1.86 bits per heavy atom. The second-order valence-corrected chi connectivity index (χ2v) is 6.83. The van der Waals surface area contributed by atoms with Crippen molar-refractivity contribution in [2.75, 3.05) is 13.2 Å². The molecular weight excluding hydrogens is 364 g/mol. The summed E-state index contributed by atoms with van der Waals surface area (Å²) in [7, 11) is -4.23. The average molecular weight is 379 g/mol. The molecule has 0 saturated heterocycles. The number of sulfone groups is 1. The van der Waals surface area contributed by atoms with Gasteiger partial charge in [0.05, 0.1) is 18.1 Å². The lowest BCUT2D eigenvalue weighted by molar-refractivity contribution is -0.153. The maximum absolute atomic E-state index is 12.5. The van der Waals surface area contributed by atoms with Crippen molar-refractivity contribution in [2.45, 2.75) is 24.0 Å². The quantitative estimate of drug-likeness (QED) is 0.553. The molecule has 0 aliphatic rings. The summed E-state index contributed by atoms with van der Waals surface area (Å²) in [6.45, 7) is 2.97. The number of ether oxygens (including phenoxy) is 2. The summed E-state index contributed by atoms with van der Waals surface area (Å²) < 4.78 is 34.9. The fraction of sp³-hybridized carbons (Fsp3) is 0.385. The van der Waals surface area contributed by atoms with Crippen LogP contribution in [0.25, 0.3) is 0 Å². The van der Waals surface area contributed by atoms with Crippen LogP contribution in [0, 0.1) is 0 Å². The van der Waals surface area contributed by atoms with Crippen LogP contribution in [0.3, 0.4) is 0 Å². The highest BCUT2D eigenvalue weighted by Crippen LogP contribution is 2.21. The van der Waals surface area contributed by atoms with Gasteiger partial charge in [0.15, 0.2) is 0 Å². The highest BCUT2D eigenvalue weighted by atomic mass is 79.9. The van der Waals surface area contributed by atoms with Gasteiger partial charge in [-0.3, -0.25) is 0 Å². The van der Waals surface area contributed by atoms with Gasteiger partial charge in [0.1, 0.15) is 0 Å². The molecule has 1 rings (SSSR count). The minimum atomic E-state index is -4.23. The van der Waals surface area contributed by atoms with Gasteiger partial charge in [-0.05, 0) is 38.1 Å². The van der Waals surface area contributed by atoms with Crippen LogP contribution >= 0.6 is 15.9 Å².